The second-order valence-electron chi connectivity index (χ2n) is 11.4. The summed E-state index contributed by atoms with van der Waals surface area (Å²) < 4.78 is 34.1. The minimum absolute atomic E-state index is 0.0244. The van der Waals surface area contributed by atoms with Crippen LogP contribution >= 0.6 is 0 Å². The Morgan fingerprint density at radius 1 is 0.971 bits per heavy atom. The number of carbonyl (C=O) groups excluding carboxylic acids is 1. The van der Waals surface area contributed by atoms with Gasteiger partial charge in [0, 0.05) is 42.6 Å². The van der Waals surface area contributed by atoms with E-state index in [2.05, 4.69) is 31.0 Å². The third-order valence-electron chi connectivity index (χ3n) is 7.59. The van der Waals surface area contributed by atoms with E-state index in [0.29, 0.717) is 17.8 Å². The molecule has 3 aliphatic rings. The van der Waals surface area contributed by atoms with Gasteiger partial charge >= 0.3 is 0 Å². The van der Waals surface area contributed by atoms with E-state index in [0.717, 1.165) is 51.3 Å². The summed E-state index contributed by atoms with van der Waals surface area (Å²) in [7, 11) is -3.61. The van der Waals surface area contributed by atoms with E-state index in [9.17, 15) is 13.2 Å². The van der Waals surface area contributed by atoms with Crippen LogP contribution in [0.25, 0.3) is 0 Å². The van der Waals surface area contributed by atoms with Gasteiger partial charge in [0.2, 0.25) is 10.0 Å². The predicted molar refractivity (Wildman–Crippen MR) is 137 cm³/mol. The molecule has 0 spiro atoms. The largest absolute Gasteiger partial charge is 0.378 e. The van der Waals surface area contributed by atoms with Gasteiger partial charge < -0.3 is 15.0 Å². The fourth-order valence-electron chi connectivity index (χ4n) is 6.38. The summed E-state index contributed by atoms with van der Waals surface area (Å²) in [6, 6.07) is 14.1. The highest BCUT2D eigenvalue weighted by Gasteiger charge is 2.53. The van der Waals surface area contributed by atoms with Crippen LogP contribution < -0.4 is 10.2 Å². The molecule has 8 heteroatoms. The smallest absolute Gasteiger partial charge is 0.255 e. The quantitative estimate of drug-likeness (QED) is 0.664. The van der Waals surface area contributed by atoms with Crippen LogP contribution in [0.4, 0.5) is 11.4 Å². The van der Waals surface area contributed by atoms with Crippen molar-refractivity contribution in [1.29, 1.82) is 0 Å². The van der Waals surface area contributed by atoms with Gasteiger partial charge in [-0.1, -0.05) is 20.8 Å². The van der Waals surface area contributed by atoms with Gasteiger partial charge in [0.05, 0.1) is 18.1 Å². The van der Waals surface area contributed by atoms with Gasteiger partial charge in [-0.3, -0.25) is 4.79 Å². The van der Waals surface area contributed by atoms with Crippen LogP contribution in [-0.2, 0) is 14.8 Å². The van der Waals surface area contributed by atoms with Crippen molar-refractivity contribution in [3.8, 4) is 0 Å². The summed E-state index contributed by atoms with van der Waals surface area (Å²) in [5.41, 5.74) is 2.39. The average Bonchev–Trinajstić information content (AvgIpc) is 3.09. The maximum absolute atomic E-state index is 13.5. The summed E-state index contributed by atoms with van der Waals surface area (Å²) in [5.74, 6) is -0.264. The number of hydrogen-bond donors (Lipinski definition) is 1. The van der Waals surface area contributed by atoms with E-state index in [-0.39, 0.29) is 27.7 Å². The Kier molecular flexibility index (Phi) is 6.18. The molecule has 2 aromatic carbocycles. The van der Waals surface area contributed by atoms with E-state index >= 15 is 0 Å². The average molecular weight is 498 g/mol. The molecule has 1 amide bonds. The third-order valence-corrected chi connectivity index (χ3v) is 9.50. The van der Waals surface area contributed by atoms with Crippen molar-refractivity contribution in [2.45, 2.75) is 51.0 Å². The number of carbonyl (C=O) groups is 1. The van der Waals surface area contributed by atoms with E-state index < -0.39 is 10.0 Å². The van der Waals surface area contributed by atoms with Crippen LogP contribution in [0.3, 0.4) is 0 Å². The van der Waals surface area contributed by atoms with Crippen molar-refractivity contribution in [3.05, 3.63) is 54.1 Å². The standard InChI is InChI=1S/C27H35N3O4S/c1-26(2)16-23-17-27(3,18-26)19-30(23)35(32,33)24-10-4-20(5-11-24)25(31)28-21-6-8-22(9-7-21)29-12-14-34-15-13-29/h4-11,23H,12-19H2,1-3H3,(H,28,31)/t23-,27+/m0/s1. The fraction of sp³-hybridized carbons (Fsp3) is 0.519. The van der Waals surface area contributed by atoms with Gasteiger partial charge in [0.25, 0.3) is 5.91 Å². The highest BCUT2D eigenvalue weighted by atomic mass is 32.2. The fourth-order valence-corrected chi connectivity index (χ4v) is 8.16. The number of nitrogens with one attached hydrogen (secondary N) is 1. The van der Waals surface area contributed by atoms with E-state index in [4.69, 9.17) is 4.74 Å². The van der Waals surface area contributed by atoms with Crippen molar-refractivity contribution in [1.82, 2.24) is 4.31 Å². The number of sulfonamides is 1. The molecule has 5 rings (SSSR count). The Hall–Kier alpha value is -2.42. The molecule has 1 saturated carbocycles. The number of morpholine rings is 1. The second kappa shape index (κ2) is 8.91. The number of hydrogen-bond acceptors (Lipinski definition) is 5. The molecule has 2 bridgehead atoms. The highest BCUT2D eigenvalue weighted by Crippen LogP contribution is 2.53. The van der Waals surface area contributed by atoms with Crippen molar-refractivity contribution in [2.24, 2.45) is 10.8 Å². The molecular weight excluding hydrogens is 462 g/mol. The molecule has 0 aromatic heterocycles. The van der Waals surface area contributed by atoms with Gasteiger partial charge in [-0.15, -0.1) is 0 Å². The van der Waals surface area contributed by atoms with Crippen LogP contribution in [0.5, 0.6) is 0 Å². The second-order valence-corrected chi connectivity index (χ2v) is 13.3. The van der Waals surface area contributed by atoms with E-state index in [1.165, 1.54) is 0 Å². The molecule has 1 N–H and O–H groups in total. The number of anilines is 2. The maximum Gasteiger partial charge on any atom is 0.255 e. The lowest BCUT2D eigenvalue weighted by atomic mass is 9.65. The van der Waals surface area contributed by atoms with Gasteiger partial charge in [-0.05, 0) is 78.6 Å². The number of amides is 1. The Balaban J connectivity index is 1.26. The minimum Gasteiger partial charge on any atom is -0.378 e. The molecule has 3 fully saturated rings. The summed E-state index contributed by atoms with van der Waals surface area (Å²) in [4.78, 5) is 15.3. The Labute approximate surface area is 208 Å². The molecular formula is C27H35N3O4S. The zero-order valence-electron chi connectivity index (χ0n) is 20.8. The first-order valence-corrected chi connectivity index (χ1v) is 13.8. The topological polar surface area (TPSA) is 79.0 Å². The van der Waals surface area contributed by atoms with Crippen LogP contribution in [0.15, 0.2) is 53.4 Å². The first-order valence-electron chi connectivity index (χ1n) is 12.4. The van der Waals surface area contributed by atoms with Gasteiger partial charge in [-0.2, -0.15) is 4.31 Å². The zero-order valence-corrected chi connectivity index (χ0v) is 21.6. The lowest BCUT2D eigenvalue weighted by Gasteiger charge is -2.39. The molecule has 1 aliphatic carbocycles. The normalized spacial score (nSPS) is 26.5. The van der Waals surface area contributed by atoms with Gasteiger partial charge in [0.1, 0.15) is 0 Å². The molecule has 2 saturated heterocycles. The SMILES string of the molecule is CC1(C)C[C@H]2C[C@@](C)(CN2S(=O)(=O)c2ccc(C(=O)Nc3ccc(N4CCOCC4)cc3)cc2)C1. The van der Waals surface area contributed by atoms with Gasteiger partial charge in [0.15, 0.2) is 0 Å². The first-order chi connectivity index (χ1) is 16.5. The molecule has 0 radical (unpaired) electrons. The number of benzene rings is 2. The van der Waals surface area contributed by atoms with Crippen molar-refractivity contribution in [2.75, 3.05) is 43.1 Å². The number of rotatable bonds is 5. The molecule has 2 heterocycles. The first kappa shape index (κ1) is 24.3. The molecule has 2 aliphatic heterocycles. The maximum atomic E-state index is 13.5. The van der Waals surface area contributed by atoms with E-state index in [1.54, 1.807) is 28.6 Å². The summed E-state index contributed by atoms with van der Waals surface area (Å²) in [6.07, 6.45) is 2.84. The summed E-state index contributed by atoms with van der Waals surface area (Å²) in [6.45, 7) is 10.4. The molecule has 188 valence electrons. The minimum atomic E-state index is -3.61. The number of fused-ring (bicyclic) bond motifs is 2. The molecule has 2 aromatic rings. The summed E-state index contributed by atoms with van der Waals surface area (Å²) >= 11 is 0. The predicted octanol–water partition coefficient (Wildman–Crippen LogP) is 4.36. The monoisotopic (exact) mass is 497 g/mol. The molecule has 2 atom stereocenters. The lowest BCUT2D eigenvalue weighted by Crippen LogP contribution is -2.37. The van der Waals surface area contributed by atoms with Crippen LogP contribution in [-0.4, -0.2) is 57.5 Å². The number of ether oxygens (including phenoxy) is 1. The van der Waals surface area contributed by atoms with Crippen LogP contribution in [0, 0.1) is 10.8 Å². The molecule has 7 nitrogen and oxygen atoms in total. The lowest BCUT2D eigenvalue weighted by molar-refractivity contribution is 0.102. The molecule has 0 unspecified atom stereocenters. The third kappa shape index (κ3) is 4.97. The Morgan fingerprint density at radius 2 is 1.63 bits per heavy atom. The van der Waals surface area contributed by atoms with Crippen molar-refractivity contribution < 1.29 is 17.9 Å². The summed E-state index contributed by atoms with van der Waals surface area (Å²) in [5, 5.41) is 2.90. The Bertz CT molecular complexity index is 1190. The van der Waals surface area contributed by atoms with Gasteiger partial charge in [-0.25, -0.2) is 8.42 Å². The van der Waals surface area contributed by atoms with Crippen molar-refractivity contribution >= 4 is 27.3 Å². The molecule has 35 heavy (non-hydrogen) atoms. The highest BCUT2D eigenvalue weighted by molar-refractivity contribution is 7.89. The van der Waals surface area contributed by atoms with Crippen molar-refractivity contribution in [3.63, 3.8) is 0 Å². The van der Waals surface area contributed by atoms with Crippen LogP contribution in [0.1, 0.15) is 50.4 Å². The Morgan fingerprint density at radius 3 is 2.29 bits per heavy atom. The van der Waals surface area contributed by atoms with E-state index in [1.807, 2.05) is 24.3 Å². The number of nitrogens with zero attached hydrogens (tertiary/aromatic N) is 2. The zero-order chi connectivity index (χ0) is 24.8. The van der Waals surface area contributed by atoms with Crippen LogP contribution in [0.2, 0.25) is 0 Å².